The predicted molar refractivity (Wildman–Crippen MR) is 71.1 cm³/mol. The first-order valence-corrected chi connectivity index (χ1v) is 6.45. The lowest BCUT2D eigenvalue weighted by Crippen LogP contribution is -2.48. The molecule has 0 unspecified atom stereocenters. The number of carbonyl (C=O) groups excluding carboxylic acids is 2. The Balaban J connectivity index is 4.73. The average molecular weight is 258 g/mol. The molecule has 0 atom stereocenters. The Morgan fingerprint density at radius 2 is 1.72 bits per heavy atom. The summed E-state index contributed by atoms with van der Waals surface area (Å²) in [5.74, 6) is -0.158. The summed E-state index contributed by atoms with van der Waals surface area (Å²) in [6.07, 6.45) is 1.27. The fourth-order valence-corrected chi connectivity index (χ4v) is 1.59. The second-order valence-electron chi connectivity index (χ2n) is 5.31. The number of amides is 2. The molecule has 18 heavy (non-hydrogen) atoms. The smallest absolute Gasteiger partial charge is 0.411 e. The van der Waals surface area contributed by atoms with Crippen LogP contribution in [0.25, 0.3) is 0 Å². The molecule has 0 aliphatic rings. The maximum absolute atomic E-state index is 12.1. The molecule has 0 spiro atoms. The minimum absolute atomic E-state index is 0.0756. The van der Waals surface area contributed by atoms with Crippen LogP contribution in [0.2, 0.25) is 0 Å². The Kier molecular flexibility index (Phi) is 6.73. The number of hydrogen-bond donors (Lipinski definition) is 1. The Morgan fingerprint density at radius 1 is 1.22 bits per heavy atom. The Hall–Kier alpha value is -1.26. The van der Waals surface area contributed by atoms with Crippen molar-refractivity contribution in [2.24, 2.45) is 0 Å². The van der Waals surface area contributed by atoms with Gasteiger partial charge in [-0.2, -0.15) is 0 Å². The van der Waals surface area contributed by atoms with Crippen molar-refractivity contribution in [1.82, 2.24) is 10.2 Å². The van der Waals surface area contributed by atoms with E-state index in [9.17, 15) is 9.59 Å². The van der Waals surface area contributed by atoms with Crippen LogP contribution in [0, 0.1) is 0 Å². The van der Waals surface area contributed by atoms with Crippen LogP contribution in [0.1, 0.15) is 54.4 Å². The second kappa shape index (κ2) is 7.24. The second-order valence-corrected chi connectivity index (χ2v) is 5.31. The number of hydrogen-bond acceptors (Lipinski definition) is 3. The van der Waals surface area contributed by atoms with E-state index in [0.717, 1.165) is 12.8 Å². The first kappa shape index (κ1) is 16.7. The summed E-state index contributed by atoms with van der Waals surface area (Å²) >= 11 is 0. The van der Waals surface area contributed by atoms with Gasteiger partial charge >= 0.3 is 6.09 Å². The predicted octanol–water partition coefficient (Wildman–Crippen LogP) is 2.51. The lowest BCUT2D eigenvalue weighted by Gasteiger charge is -2.32. The van der Waals surface area contributed by atoms with Gasteiger partial charge in [-0.15, -0.1) is 0 Å². The lowest BCUT2D eigenvalue weighted by atomic mass is 10.1. The molecule has 0 aromatic rings. The van der Waals surface area contributed by atoms with E-state index in [1.807, 2.05) is 34.6 Å². The third-order valence-corrected chi connectivity index (χ3v) is 2.51. The quantitative estimate of drug-likeness (QED) is 0.771. The zero-order valence-electron chi connectivity index (χ0n) is 12.4. The van der Waals surface area contributed by atoms with E-state index < -0.39 is 5.60 Å². The fraction of sp³-hybridized carbons (Fsp3) is 0.846. The van der Waals surface area contributed by atoms with Crippen LogP contribution in [0.3, 0.4) is 0 Å². The molecule has 0 fully saturated rings. The van der Waals surface area contributed by atoms with Gasteiger partial charge in [-0.1, -0.05) is 13.8 Å². The van der Waals surface area contributed by atoms with E-state index >= 15 is 0 Å². The molecular formula is C13H26N2O3. The topological polar surface area (TPSA) is 58.6 Å². The van der Waals surface area contributed by atoms with Gasteiger partial charge in [-0.05, 0) is 33.6 Å². The van der Waals surface area contributed by atoms with Crippen molar-refractivity contribution >= 4 is 12.0 Å². The summed E-state index contributed by atoms with van der Waals surface area (Å²) in [5, 5.41) is 2.65. The Bertz CT molecular complexity index is 280. The molecular weight excluding hydrogens is 232 g/mol. The van der Waals surface area contributed by atoms with Crippen molar-refractivity contribution in [2.75, 3.05) is 6.67 Å². The van der Waals surface area contributed by atoms with Gasteiger partial charge in [-0.25, -0.2) is 4.79 Å². The van der Waals surface area contributed by atoms with Crippen LogP contribution in [-0.4, -0.2) is 35.2 Å². The van der Waals surface area contributed by atoms with E-state index in [4.69, 9.17) is 4.74 Å². The third-order valence-electron chi connectivity index (χ3n) is 2.51. The van der Waals surface area contributed by atoms with Gasteiger partial charge in [0.1, 0.15) is 5.60 Å². The zero-order valence-corrected chi connectivity index (χ0v) is 12.4. The average Bonchev–Trinajstić information content (AvgIpc) is 2.21. The summed E-state index contributed by atoms with van der Waals surface area (Å²) < 4.78 is 5.35. The van der Waals surface area contributed by atoms with Crippen molar-refractivity contribution in [3.8, 4) is 0 Å². The molecule has 5 heteroatoms. The molecule has 0 saturated heterocycles. The standard InChI is InChI=1S/C13H26N2O3/c1-7-11(8-2)15(9-14-10(3)16)12(17)18-13(4,5)6/h11H,7-9H2,1-6H3,(H,14,16). The van der Waals surface area contributed by atoms with Gasteiger partial charge in [0, 0.05) is 13.0 Å². The first-order chi connectivity index (χ1) is 8.21. The first-order valence-electron chi connectivity index (χ1n) is 6.45. The largest absolute Gasteiger partial charge is 0.444 e. The molecule has 1 N–H and O–H groups in total. The highest BCUT2D eigenvalue weighted by Gasteiger charge is 2.26. The minimum Gasteiger partial charge on any atom is -0.444 e. The van der Waals surface area contributed by atoms with E-state index in [2.05, 4.69) is 5.32 Å². The van der Waals surface area contributed by atoms with Crippen LogP contribution >= 0.6 is 0 Å². The van der Waals surface area contributed by atoms with E-state index in [0.29, 0.717) is 0 Å². The normalized spacial score (nSPS) is 11.3. The van der Waals surface area contributed by atoms with Crippen LogP contribution in [0.5, 0.6) is 0 Å². The van der Waals surface area contributed by atoms with Gasteiger partial charge in [0.15, 0.2) is 0 Å². The monoisotopic (exact) mass is 258 g/mol. The molecule has 5 nitrogen and oxygen atoms in total. The van der Waals surface area contributed by atoms with Crippen molar-refractivity contribution < 1.29 is 14.3 Å². The molecule has 0 aliphatic carbocycles. The van der Waals surface area contributed by atoms with Crippen molar-refractivity contribution in [1.29, 1.82) is 0 Å². The van der Waals surface area contributed by atoms with Crippen molar-refractivity contribution in [2.45, 2.75) is 66.0 Å². The molecule has 0 heterocycles. The number of carbonyl (C=O) groups is 2. The maximum atomic E-state index is 12.1. The highest BCUT2D eigenvalue weighted by molar-refractivity contribution is 5.74. The number of nitrogens with zero attached hydrogens (tertiary/aromatic N) is 1. The van der Waals surface area contributed by atoms with Gasteiger partial charge in [0.2, 0.25) is 5.91 Å². The highest BCUT2D eigenvalue weighted by Crippen LogP contribution is 2.14. The Labute approximate surface area is 110 Å². The van der Waals surface area contributed by atoms with Crippen LogP contribution in [0.15, 0.2) is 0 Å². The van der Waals surface area contributed by atoms with Crippen molar-refractivity contribution in [3.05, 3.63) is 0 Å². The van der Waals surface area contributed by atoms with E-state index in [-0.39, 0.29) is 24.7 Å². The number of rotatable bonds is 5. The summed E-state index contributed by atoms with van der Waals surface area (Å²) in [6, 6.07) is 0.0756. The highest BCUT2D eigenvalue weighted by atomic mass is 16.6. The van der Waals surface area contributed by atoms with Crippen LogP contribution in [-0.2, 0) is 9.53 Å². The van der Waals surface area contributed by atoms with Crippen LogP contribution < -0.4 is 5.32 Å². The fourth-order valence-electron chi connectivity index (χ4n) is 1.59. The lowest BCUT2D eigenvalue weighted by molar-refractivity contribution is -0.119. The minimum atomic E-state index is -0.530. The van der Waals surface area contributed by atoms with Gasteiger partial charge in [-0.3, -0.25) is 9.69 Å². The van der Waals surface area contributed by atoms with Gasteiger partial charge < -0.3 is 10.1 Å². The number of ether oxygens (including phenoxy) is 1. The molecule has 0 aromatic carbocycles. The molecule has 0 rings (SSSR count). The summed E-state index contributed by atoms with van der Waals surface area (Å²) in [6.45, 7) is 11.1. The molecule has 0 aromatic heterocycles. The molecule has 0 radical (unpaired) electrons. The SMILES string of the molecule is CCC(CC)N(CNC(C)=O)C(=O)OC(C)(C)C. The molecule has 106 valence electrons. The van der Waals surface area contributed by atoms with E-state index in [1.165, 1.54) is 6.92 Å². The summed E-state index contributed by atoms with van der Waals surface area (Å²) in [5.41, 5.74) is -0.530. The molecule has 0 bridgehead atoms. The van der Waals surface area contributed by atoms with Gasteiger partial charge in [0.05, 0.1) is 6.67 Å². The molecule has 2 amide bonds. The zero-order chi connectivity index (χ0) is 14.3. The molecule has 0 saturated carbocycles. The van der Waals surface area contributed by atoms with Crippen LogP contribution in [0.4, 0.5) is 4.79 Å². The third kappa shape index (κ3) is 6.47. The van der Waals surface area contributed by atoms with E-state index in [1.54, 1.807) is 4.90 Å². The summed E-state index contributed by atoms with van der Waals surface area (Å²) in [7, 11) is 0. The molecule has 0 aliphatic heterocycles. The number of nitrogens with one attached hydrogen (secondary N) is 1. The Morgan fingerprint density at radius 3 is 2.06 bits per heavy atom. The maximum Gasteiger partial charge on any atom is 0.411 e. The summed E-state index contributed by atoms with van der Waals surface area (Å²) in [4.78, 5) is 24.6. The van der Waals surface area contributed by atoms with Gasteiger partial charge in [0.25, 0.3) is 0 Å². The van der Waals surface area contributed by atoms with Crippen molar-refractivity contribution in [3.63, 3.8) is 0 Å².